The molecule has 3 nitrogen and oxygen atoms in total. The van der Waals surface area contributed by atoms with Gasteiger partial charge in [-0.25, -0.2) is 4.39 Å². The molecule has 3 rings (SSSR count). The minimum Gasteiger partial charge on any atom is -0.369 e. The Balaban J connectivity index is 1.92. The van der Waals surface area contributed by atoms with Crippen LogP contribution in [0.3, 0.4) is 0 Å². The average molecular weight is 283 g/mol. The maximum Gasteiger partial charge on any atom is 0.196 e. The second-order valence-electron chi connectivity index (χ2n) is 5.65. The first-order valence-corrected chi connectivity index (χ1v) is 6.98. The molecule has 108 valence electrons. The van der Waals surface area contributed by atoms with Crippen molar-refractivity contribution in [2.75, 3.05) is 11.4 Å². The molecule has 0 saturated heterocycles. The van der Waals surface area contributed by atoms with Gasteiger partial charge >= 0.3 is 0 Å². The molecule has 0 saturated carbocycles. The lowest BCUT2D eigenvalue weighted by atomic mass is 9.91. The highest BCUT2D eigenvalue weighted by Gasteiger charge is 2.39. The van der Waals surface area contributed by atoms with Crippen LogP contribution in [0, 0.1) is 5.82 Å². The highest BCUT2D eigenvalue weighted by Crippen LogP contribution is 2.31. The lowest BCUT2D eigenvalue weighted by molar-refractivity contribution is 0.498. The fraction of sp³-hybridized carbons (Fsp3) is 0.235. The minimum atomic E-state index is -0.279. The van der Waals surface area contributed by atoms with Crippen molar-refractivity contribution in [3.63, 3.8) is 0 Å². The second kappa shape index (κ2) is 5.20. The Hall–Kier alpha value is -2.36. The number of anilines is 1. The summed E-state index contributed by atoms with van der Waals surface area (Å²) in [4.78, 5) is 6.43. The Morgan fingerprint density at radius 3 is 2.67 bits per heavy atom. The highest BCUT2D eigenvalue weighted by atomic mass is 19.1. The van der Waals surface area contributed by atoms with Gasteiger partial charge in [-0.1, -0.05) is 30.3 Å². The minimum absolute atomic E-state index is 0.214. The van der Waals surface area contributed by atoms with Crippen LogP contribution in [-0.4, -0.2) is 18.0 Å². The first-order chi connectivity index (χ1) is 10.1. The Bertz CT molecular complexity index is 669. The van der Waals surface area contributed by atoms with Crippen molar-refractivity contribution < 1.29 is 4.39 Å². The summed E-state index contributed by atoms with van der Waals surface area (Å²) in [6, 6.07) is 16.6. The molecule has 1 atom stereocenters. The van der Waals surface area contributed by atoms with Crippen LogP contribution in [0.15, 0.2) is 59.6 Å². The van der Waals surface area contributed by atoms with Crippen molar-refractivity contribution in [2.24, 2.45) is 10.7 Å². The van der Waals surface area contributed by atoms with Crippen LogP contribution in [0.25, 0.3) is 0 Å². The van der Waals surface area contributed by atoms with Crippen molar-refractivity contribution in [1.82, 2.24) is 0 Å². The van der Waals surface area contributed by atoms with Crippen LogP contribution in [-0.2, 0) is 6.42 Å². The molecule has 21 heavy (non-hydrogen) atoms. The number of nitrogens with zero attached hydrogens (tertiary/aromatic N) is 2. The molecule has 0 bridgehead atoms. The third kappa shape index (κ3) is 2.61. The Labute approximate surface area is 123 Å². The van der Waals surface area contributed by atoms with Crippen LogP contribution in [0.2, 0.25) is 0 Å². The van der Waals surface area contributed by atoms with Crippen LogP contribution in [0.5, 0.6) is 0 Å². The Morgan fingerprint density at radius 1 is 1.19 bits per heavy atom. The molecule has 0 radical (unpaired) electrons. The van der Waals surface area contributed by atoms with Gasteiger partial charge in [-0.3, -0.25) is 4.99 Å². The van der Waals surface area contributed by atoms with Gasteiger partial charge in [-0.15, -0.1) is 0 Å². The Morgan fingerprint density at radius 2 is 1.95 bits per heavy atom. The summed E-state index contributed by atoms with van der Waals surface area (Å²) in [5, 5.41) is 0. The number of para-hydroxylation sites is 1. The third-order valence-electron chi connectivity index (χ3n) is 3.84. The van der Waals surface area contributed by atoms with E-state index in [9.17, 15) is 4.39 Å². The summed E-state index contributed by atoms with van der Waals surface area (Å²) >= 11 is 0. The average Bonchev–Trinajstić information content (AvgIpc) is 2.75. The van der Waals surface area contributed by atoms with E-state index in [1.165, 1.54) is 6.07 Å². The van der Waals surface area contributed by atoms with E-state index >= 15 is 0 Å². The zero-order chi connectivity index (χ0) is 14.9. The summed E-state index contributed by atoms with van der Waals surface area (Å²) in [5.74, 6) is 0.300. The fourth-order valence-corrected chi connectivity index (χ4v) is 2.91. The monoisotopic (exact) mass is 283 g/mol. The highest BCUT2D eigenvalue weighted by molar-refractivity contribution is 5.98. The SMILES string of the molecule is CC1(Cc2cccc(F)c2)CN=C(N)N1c1ccccc1. The van der Waals surface area contributed by atoms with E-state index in [0.717, 1.165) is 11.3 Å². The molecule has 2 aromatic rings. The number of hydrogen-bond donors (Lipinski definition) is 1. The van der Waals surface area contributed by atoms with Crippen LogP contribution in [0.4, 0.5) is 10.1 Å². The number of hydrogen-bond acceptors (Lipinski definition) is 3. The van der Waals surface area contributed by atoms with E-state index in [2.05, 4.69) is 11.9 Å². The fourth-order valence-electron chi connectivity index (χ4n) is 2.91. The van der Waals surface area contributed by atoms with Crippen molar-refractivity contribution in [3.05, 3.63) is 66.0 Å². The van der Waals surface area contributed by atoms with Gasteiger partial charge in [0.1, 0.15) is 5.82 Å². The molecular formula is C17H18FN3. The maximum atomic E-state index is 13.4. The number of rotatable bonds is 3. The lowest BCUT2D eigenvalue weighted by Crippen LogP contribution is -2.51. The van der Waals surface area contributed by atoms with Gasteiger partial charge in [0.05, 0.1) is 12.1 Å². The molecule has 1 aliphatic rings. The standard InChI is InChI=1S/C17H18FN3/c1-17(11-13-6-5-7-14(18)10-13)12-20-16(19)21(17)15-8-3-2-4-9-15/h2-10H,11-12H2,1H3,(H2,19,20). The summed E-state index contributed by atoms with van der Waals surface area (Å²) in [7, 11) is 0. The molecule has 1 heterocycles. The van der Waals surface area contributed by atoms with E-state index in [1.54, 1.807) is 12.1 Å². The van der Waals surface area contributed by atoms with Gasteiger partial charge in [0, 0.05) is 5.69 Å². The topological polar surface area (TPSA) is 41.6 Å². The zero-order valence-electron chi connectivity index (χ0n) is 12.0. The molecule has 0 spiro atoms. The first-order valence-electron chi connectivity index (χ1n) is 6.98. The lowest BCUT2D eigenvalue weighted by Gasteiger charge is -2.36. The van der Waals surface area contributed by atoms with Gasteiger partial charge in [0.25, 0.3) is 0 Å². The molecule has 1 unspecified atom stereocenters. The number of halogens is 1. The largest absolute Gasteiger partial charge is 0.369 e. The summed E-state index contributed by atoms with van der Waals surface area (Å²) in [6.07, 6.45) is 0.684. The molecule has 4 heteroatoms. The van der Waals surface area contributed by atoms with E-state index in [0.29, 0.717) is 18.9 Å². The van der Waals surface area contributed by atoms with Crippen LogP contribution in [0.1, 0.15) is 12.5 Å². The van der Waals surface area contributed by atoms with Crippen molar-refractivity contribution in [2.45, 2.75) is 18.9 Å². The smallest absolute Gasteiger partial charge is 0.196 e. The Kier molecular flexibility index (Phi) is 3.37. The molecule has 0 amide bonds. The summed E-state index contributed by atoms with van der Waals surface area (Å²) in [6.45, 7) is 2.71. The zero-order valence-corrected chi connectivity index (χ0v) is 12.0. The van der Waals surface area contributed by atoms with Gasteiger partial charge < -0.3 is 10.6 Å². The van der Waals surface area contributed by atoms with E-state index < -0.39 is 0 Å². The number of guanidine groups is 1. The quantitative estimate of drug-likeness (QED) is 0.941. The normalized spacial score (nSPS) is 21.4. The molecule has 0 aromatic heterocycles. The van der Waals surface area contributed by atoms with Crippen molar-refractivity contribution >= 4 is 11.6 Å². The van der Waals surface area contributed by atoms with Gasteiger partial charge in [0.2, 0.25) is 0 Å². The maximum absolute atomic E-state index is 13.4. The van der Waals surface area contributed by atoms with Crippen molar-refractivity contribution in [1.29, 1.82) is 0 Å². The third-order valence-corrected chi connectivity index (χ3v) is 3.84. The summed E-state index contributed by atoms with van der Waals surface area (Å²) in [5.41, 5.74) is 7.75. The van der Waals surface area contributed by atoms with Gasteiger partial charge in [-0.2, -0.15) is 0 Å². The number of benzene rings is 2. The number of aliphatic imine (C=N–C) groups is 1. The predicted octanol–water partition coefficient (Wildman–Crippen LogP) is 2.96. The van der Waals surface area contributed by atoms with E-state index in [4.69, 9.17) is 5.73 Å². The molecule has 1 aliphatic heterocycles. The molecule has 2 aromatic carbocycles. The second-order valence-corrected chi connectivity index (χ2v) is 5.65. The van der Waals surface area contributed by atoms with E-state index in [1.807, 2.05) is 41.3 Å². The predicted molar refractivity (Wildman–Crippen MR) is 83.9 cm³/mol. The van der Waals surface area contributed by atoms with Gasteiger partial charge in [-0.05, 0) is 43.2 Å². The molecular weight excluding hydrogens is 265 g/mol. The molecule has 0 fully saturated rings. The molecule has 2 N–H and O–H groups in total. The van der Waals surface area contributed by atoms with Crippen molar-refractivity contribution in [3.8, 4) is 0 Å². The first kappa shape index (κ1) is 13.6. The van der Waals surface area contributed by atoms with Gasteiger partial charge in [0.15, 0.2) is 5.96 Å². The van der Waals surface area contributed by atoms with E-state index in [-0.39, 0.29) is 11.4 Å². The van der Waals surface area contributed by atoms with Crippen LogP contribution < -0.4 is 10.6 Å². The molecule has 0 aliphatic carbocycles. The van der Waals surface area contributed by atoms with Crippen LogP contribution >= 0.6 is 0 Å². The number of nitrogens with two attached hydrogens (primary N) is 1. The summed E-state index contributed by atoms with van der Waals surface area (Å²) < 4.78 is 13.4.